The van der Waals surface area contributed by atoms with E-state index in [1.807, 2.05) is 12.1 Å². The number of hydrogen-bond acceptors (Lipinski definition) is 3. The third kappa shape index (κ3) is 3.01. The number of rotatable bonds is 5. The zero-order valence-corrected chi connectivity index (χ0v) is 8.62. The molecule has 0 fully saturated rings. The zero-order valence-electron chi connectivity index (χ0n) is 7.87. The van der Waals surface area contributed by atoms with Gasteiger partial charge in [-0.3, -0.25) is 4.79 Å². The summed E-state index contributed by atoms with van der Waals surface area (Å²) in [6.45, 7) is 1.02. The van der Waals surface area contributed by atoms with E-state index in [4.69, 9.17) is 16.3 Å². The zero-order chi connectivity index (χ0) is 10.4. The average molecular weight is 214 g/mol. The van der Waals surface area contributed by atoms with Crippen LogP contribution in [0.4, 0.5) is 0 Å². The number of halogens is 1. The highest BCUT2D eigenvalue weighted by atomic mass is 35.5. The molecule has 1 atom stereocenters. The van der Waals surface area contributed by atoms with E-state index in [2.05, 4.69) is 5.32 Å². The Kier molecular flexibility index (Phi) is 4.43. The molecule has 1 aromatic rings. The summed E-state index contributed by atoms with van der Waals surface area (Å²) in [7, 11) is 1.80. The Morgan fingerprint density at radius 3 is 3.00 bits per heavy atom. The van der Waals surface area contributed by atoms with Gasteiger partial charge >= 0.3 is 0 Å². The van der Waals surface area contributed by atoms with Crippen LogP contribution < -0.4 is 5.32 Å². The maximum Gasteiger partial charge on any atom is 0.293 e. The standard InChI is InChI=1S/C10H12ClNO2/c1-12-6-10(14-7-13)8-3-2-4-9(11)5-8/h2-5,7,10,12H,6H2,1H3/t10-/m1/s1. The fourth-order valence-electron chi connectivity index (χ4n) is 1.20. The second-order valence-corrected chi connectivity index (χ2v) is 3.27. The Hall–Kier alpha value is -1.06. The highest BCUT2D eigenvalue weighted by Crippen LogP contribution is 2.19. The van der Waals surface area contributed by atoms with Crippen LogP contribution in [0.15, 0.2) is 24.3 Å². The molecule has 1 N–H and O–H groups in total. The summed E-state index contributed by atoms with van der Waals surface area (Å²) in [6, 6.07) is 7.27. The summed E-state index contributed by atoms with van der Waals surface area (Å²) >= 11 is 5.82. The molecule has 0 spiro atoms. The minimum absolute atomic E-state index is 0.281. The van der Waals surface area contributed by atoms with Crippen LogP contribution in [0.1, 0.15) is 11.7 Å². The number of likely N-dealkylation sites (N-methyl/N-ethyl adjacent to an activating group) is 1. The molecule has 0 radical (unpaired) electrons. The van der Waals surface area contributed by atoms with Crippen LogP contribution in [0.5, 0.6) is 0 Å². The summed E-state index contributed by atoms with van der Waals surface area (Å²) < 4.78 is 4.92. The maximum absolute atomic E-state index is 10.3. The number of carbonyl (C=O) groups is 1. The van der Waals surface area contributed by atoms with E-state index in [1.54, 1.807) is 19.2 Å². The fourth-order valence-corrected chi connectivity index (χ4v) is 1.40. The van der Waals surface area contributed by atoms with Gasteiger partial charge in [0.2, 0.25) is 0 Å². The van der Waals surface area contributed by atoms with Gasteiger partial charge in [0.25, 0.3) is 6.47 Å². The van der Waals surface area contributed by atoms with Gasteiger partial charge in [-0.15, -0.1) is 0 Å². The molecule has 1 aromatic carbocycles. The largest absolute Gasteiger partial charge is 0.458 e. The minimum Gasteiger partial charge on any atom is -0.458 e. The number of ether oxygens (including phenoxy) is 1. The molecule has 0 unspecified atom stereocenters. The summed E-state index contributed by atoms with van der Waals surface area (Å²) in [6.07, 6.45) is -0.281. The first kappa shape index (κ1) is 11.0. The predicted molar refractivity (Wildman–Crippen MR) is 55.3 cm³/mol. The van der Waals surface area contributed by atoms with Crippen LogP contribution in [0.25, 0.3) is 0 Å². The van der Waals surface area contributed by atoms with E-state index < -0.39 is 0 Å². The average Bonchev–Trinajstić information content (AvgIpc) is 2.17. The Bertz CT molecular complexity index is 304. The molecule has 0 aliphatic rings. The number of carbonyl (C=O) groups excluding carboxylic acids is 1. The topological polar surface area (TPSA) is 38.3 Å². The highest BCUT2D eigenvalue weighted by molar-refractivity contribution is 6.30. The third-order valence-electron chi connectivity index (χ3n) is 1.83. The second-order valence-electron chi connectivity index (χ2n) is 2.83. The number of benzene rings is 1. The number of nitrogens with one attached hydrogen (secondary N) is 1. The van der Waals surface area contributed by atoms with Crippen molar-refractivity contribution in [2.75, 3.05) is 13.6 Å². The second kappa shape index (κ2) is 5.62. The van der Waals surface area contributed by atoms with Crippen LogP contribution >= 0.6 is 11.6 Å². The molecule has 1 rings (SSSR count). The smallest absolute Gasteiger partial charge is 0.293 e. The van der Waals surface area contributed by atoms with Gasteiger partial charge in [0.1, 0.15) is 6.10 Å². The van der Waals surface area contributed by atoms with E-state index in [0.29, 0.717) is 18.0 Å². The molecule has 76 valence electrons. The van der Waals surface area contributed by atoms with Crippen LogP contribution in [-0.2, 0) is 9.53 Å². The molecule has 14 heavy (non-hydrogen) atoms. The minimum atomic E-state index is -0.281. The first-order valence-corrected chi connectivity index (χ1v) is 4.65. The van der Waals surface area contributed by atoms with Gasteiger partial charge in [-0.1, -0.05) is 23.7 Å². The molecule has 0 aliphatic heterocycles. The van der Waals surface area contributed by atoms with E-state index >= 15 is 0 Å². The molecule has 3 nitrogen and oxygen atoms in total. The monoisotopic (exact) mass is 213 g/mol. The Morgan fingerprint density at radius 1 is 1.64 bits per heavy atom. The van der Waals surface area contributed by atoms with E-state index in [-0.39, 0.29) is 6.10 Å². The van der Waals surface area contributed by atoms with Crippen LogP contribution in [0, 0.1) is 0 Å². The van der Waals surface area contributed by atoms with Gasteiger partial charge < -0.3 is 10.1 Å². The number of hydrogen-bond donors (Lipinski definition) is 1. The normalized spacial score (nSPS) is 12.1. The lowest BCUT2D eigenvalue weighted by atomic mass is 10.1. The summed E-state index contributed by atoms with van der Waals surface area (Å²) in [4.78, 5) is 10.3. The van der Waals surface area contributed by atoms with Gasteiger partial charge in [0.05, 0.1) is 0 Å². The maximum atomic E-state index is 10.3. The lowest BCUT2D eigenvalue weighted by Gasteiger charge is -2.14. The molecule has 0 bridgehead atoms. The SMILES string of the molecule is CNC[C@@H](OC=O)c1cccc(Cl)c1. The summed E-state index contributed by atoms with van der Waals surface area (Å²) in [5.74, 6) is 0. The van der Waals surface area contributed by atoms with Crippen molar-refractivity contribution in [3.05, 3.63) is 34.9 Å². The Morgan fingerprint density at radius 2 is 2.43 bits per heavy atom. The molecule has 0 saturated carbocycles. The molecule has 0 aromatic heterocycles. The first-order valence-electron chi connectivity index (χ1n) is 4.27. The lowest BCUT2D eigenvalue weighted by molar-refractivity contribution is -0.133. The molecule has 0 aliphatic carbocycles. The van der Waals surface area contributed by atoms with Gasteiger partial charge in [0, 0.05) is 11.6 Å². The van der Waals surface area contributed by atoms with Crippen LogP contribution in [0.2, 0.25) is 5.02 Å². The van der Waals surface area contributed by atoms with Crippen LogP contribution in [-0.4, -0.2) is 20.1 Å². The molecule has 4 heteroatoms. The van der Waals surface area contributed by atoms with Crippen molar-refractivity contribution in [2.24, 2.45) is 0 Å². The van der Waals surface area contributed by atoms with Crippen molar-refractivity contribution in [3.8, 4) is 0 Å². The molecular formula is C10H12ClNO2. The van der Waals surface area contributed by atoms with E-state index in [0.717, 1.165) is 5.56 Å². The van der Waals surface area contributed by atoms with Gasteiger partial charge in [-0.25, -0.2) is 0 Å². The van der Waals surface area contributed by atoms with Crippen molar-refractivity contribution < 1.29 is 9.53 Å². The first-order chi connectivity index (χ1) is 6.77. The molecule has 0 amide bonds. The van der Waals surface area contributed by atoms with Crippen molar-refractivity contribution in [1.29, 1.82) is 0 Å². The predicted octanol–water partition coefficient (Wildman–Crippen LogP) is 1.77. The van der Waals surface area contributed by atoms with E-state index in [1.165, 1.54) is 0 Å². The highest BCUT2D eigenvalue weighted by Gasteiger charge is 2.10. The van der Waals surface area contributed by atoms with Gasteiger partial charge in [0.15, 0.2) is 0 Å². The van der Waals surface area contributed by atoms with Crippen LogP contribution in [0.3, 0.4) is 0 Å². The van der Waals surface area contributed by atoms with Crippen molar-refractivity contribution in [2.45, 2.75) is 6.10 Å². The summed E-state index contributed by atoms with van der Waals surface area (Å²) in [5, 5.41) is 3.58. The van der Waals surface area contributed by atoms with Crippen molar-refractivity contribution in [3.63, 3.8) is 0 Å². The molecule has 0 saturated heterocycles. The Balaban J connectivity index is 2.80. The third-order valence-corrected chi connectivity index (χ3v) is 2.06. The van der Waals surface area contributed by atoms with E-state index in [9.17, 15) is 4.79 Å². The van der Waals surface area contributed by atoms with Crippen molar-refractivity contribution >= 4 is 18.1 Å². The van der Waals surface area contributed by atoms with Crippen molar-refractivity contribution in [1.82, 2.24) is 5.32 Å². The molecular weight excluding hydrogens is 202 g/mol. The quantitative estimate of drug-likeness (QED) is 0.758. The van der Waals surface area contributed by atoms with Gasteiger partial charge in [-0.2, -0.15) is 0 Å². The lowest BCUT2D eigenvalue weighted by Crippen LogP contribution is -2.19. The van der Waals surface area contributed by atoms with Gasteiger partial charge in [-0.05, 0) is 24.7 Å². The summed E-state index contributed by atoms with van der Waals surface area (Å²) in [5.41, 5.74) is 0.888. The molecule has 0 heterocycles. The fraction of sp³-hybridized carbons (Fsp3) is 0.300. The Labute approximate surface area is 88.0 Å².